The molecule has 0 aliphatic carbocycles. The molecule has 1 fully saturated rings. The molecule has 3 N–H and O–H groups in total. The second kappa shape index (κ2) is 9.96. The summed E-state index contributed by atoms with van der Waals surface area (Å²) in [5, 5.41) is 12.9. The Balaban J connectivity index is 1.71. The minimum absolute atomic E-state index is 0.281. The lowest BCUT2D eigenvalue weighted by Crippen LogP contribution is -2.33. The third-order valence-corrected chi connectivity index (χ3v) is 6.34. The van der Waals surface area contributed by atoms with E-state index in [0.717, 1.165) is 55.0 Å². The number of fused-ring (bicyclic) bond motifs is 1. The van der Waals surface area contributed by atoms with E-state index < -0.39 is 11.5 Å². The lowest BCUT2D eigenvalue weighted by Gasteiger charge is -2.24. The van der Waals surface area contributed by atoms with Crippen molar-refractivity contribution in [2.75, 3.05) is 25.1 Å². The minimum atomic E-state index is -0.603. The molecule has 2 heterocycles. The van der Waals surface area contributed by atoms with E-state index in [2.05, 4.69) is 17.5 Å². The molecule has 4 rings (SSSR count). The van der Waals surface area contributed by atoms with Crippen LogP contribution < -0.4 is 11.1 Å². The van der Waals surface area contributed by atoms with Crippen LogP contribution in [0.25, 0.3) is 11.1 Å². The summed E-state index contributed by atoms with van der Waals surface area (Å²) in [6.45, 7) is 8.66. The number of primary amides is 1. The van der Waals surface area contributed by atoms with Crippen molar-refractivity contribution in [1.29, 1.82) is 5.26 Å². The molecular weight excluding hydrogens is 444 g/mol. The van der Waals surface area contributed by atoms with Gasteiger partial charge in [0, 0.05) is 37.6 Å². The molecule has 2 aromatic carbocycles. The highest BCUT2D eigenvalue weighted by atomic mass is 16.6. The lowest BCUT2D eigenvalue weighted by atomic mass is 9.91. The lowest BCUT2D eigenvalue weighted by molar-refractivity contribution is 0.0242. The summed E-state index contributed by atoms with van der Waals surface area (Å²) < 4.78 is 11.1. The van der Waals surface area contributed by atoms with Crippen LogP contribution in [0, 0.1) is 17.2 Å². The van der Waals surface area contributed by atoms with Gasteiger partial charge in [-0.1, -0.05) is 6.07 Å². The van der Waals surface area contributed by atoms with Crippen molar-refractivity contribution in [3.8, 4) is 17.2 Å². The first-order chi connectivity index (χ1) is 16.6. The fourth-order valence-electron chi connectivity index (χ4n) is 4.58. The van der Waals surface area contributed by atoms with Crippen LogP contribution in [0.5, 0.6) is 0 Å². The van der Waals surface area contributed by atoms with Crippen LogP contribution in [0.4, 0.5) is 10.5 Å². The molecule has 184 valence electrons. The SMILES string of the molecule is CC(C)(C)OC(=O)N1Cc2cc(NCC3CCOCC3)cc(-c3ccc(C#N)cc3C(N)=O)c2C1. The summed E-state index contributed by atoms with van der Waals surface area (Å²) >= 11 is 0. The number of amides is 2. The maximum absolute atomic E-state index is 12.8. The number of anilines is 1. The number of hydrogen-bond acceptors (Lipinski definition) is 6. The number of nitrogens with zero attached hydrogens (tertiary/aromatic N) is 2. The first kappa shape index (κ1) is 24.6. The molecule has 1 saturated heterocycles. The van der Waals surface area contributed by atoms with Gasteiger partial charge >= 0.3 is 6.09 Å². The zero-order valence-corrected chi connectivity index (χ0v) is 20.5. The number of nitrogens with one attached hydrogen (secondary N) is 1. The highest BCUT2D eigenvalue weighted by Gasteiger charge is 2.31. The smallest absolute Gasteiger partial charge is 0.410 e. The van der Waals surface area contributed by atoms with Gasteiger partial charge in [0.05, 0.1) is 18.2 Å². The summed E-state index contributed by atoms with van der Waals surface area (Å²) in [7, 11) is 0. The molecule has 0 unspecified atom stereocenters. The van der Waals surface area contributed by atoms with E-state index in [-0.39, 0.29) is 11.7 Å². The number of benzene rings is 2. The maximum atomic E-state index is 12.8. The van der Waals surface area contributed by atoms with Gasteiger partial charge in [-0.3, -0.25) is 9.69 Å². The highest BCUT2D eigenvalue weighted by Crippen LogP contribution is 2.38. The van der Waals surface area contributed by atoms with E-state index in [4.69, 9.17) is 15.2 Å². The standard InChI is InChI=1S/C27H32N4O4/c1-27(2,3)35-26(33)31-15-19-11-20(30-14-17-6-8-34-9-7-17)12-22(24(19)16-31)21-5-4-18(13-28)10-23(21)25(29)32/h4-5,10-12,17,30H,6-9,14-16H2,1-3H3,(H2,29,32). The number of rotatable bonds is 5. The molecule has 2 aliphatic rings. The van der Waals surface area contributed by atoms with Gasteiger partial charge in [-0.05, 0) is 86.1 Å². The van der Waals surface area contributed by atoms with E-state index >= 15 is 0 Å². The summed E-state index contributed by atoms with van der Waals surface area (Å²) in [5.41, 5.74) is 10.1. The zero-order valence-electron chi connectivity index (χ0n) is 20.5. The molecular formula is C27H32N4O4. The number of hydrogen-bond donors (Lipinski definition) is 2. The van der Waals surface area contributed by atoms with E-state index in [0.29, 0.717) is 30.1 Å². The molecule has 0 spiro atoms. The van der Waals surface area contributed by atoms with Crippen LogP contribution in [-0.4, -0.2) is 42.3 Å². The summed E-state index contributed by atoms with van der Waals surface area (Å²) in [6.07, 6.45) is 1.64. The van der Waals surface area contributed by atoms with Crippen LogP contribution in [-0.2, 0) is 22.6 Å². The van der Waals surface area contributed by atoms with E-state index in [9.17, 15) is 14.9 Å². The summed E-state index contributed by atoms with van der Waals surface area (Å²) in [4.78, 5) is 26.8. The first-order valence-electron chi connectivity index (χ1n) is 11.9. The van der Waals surface area contributed by atoms with Gasteiger partial charge in [-0.25, -0.2) is 4.79 Å². The molecule has 35 heavy (non-hydrogen) atoms. The molecule has 2 aliphatic heterocycles. The number of carbonyl (C=O) groups is 2. The molecule has 2 amide bonds. The second-order valence-corrected chi connectivity index (χ2v) is 10.2. The Bertz CT molecular complexity index is 1170. The third kappa shape index (κ3) is 5.75. The maximum Gasteiger partial charge on any atom is 0.410 e. The zero-order chi connectivity index (χ0) is 25.2. The molecule has 0 bridgehead atoms. The summed E-state index contributed by atoms with van der Waals surface area (Å²) in [5.74, 6) is -0.0803. The molecule has 2 aromatic rings. The molecule has 0 saturated carbocycles. The van der Waals surface area contributed by atoms with Crippen molar-refractivity contribution >= 4 is 17.7 Å². The van der Waals surface area contributed by atoms with Gasteiger partial charge < -0.3 is 20.5 Å². The monoisotopic (exact) mass is 476 g/mol. The van der Waals surface area contributed by atoms with Gasteiger partial charge in [0.25, 0.3) is 0 Å². The molecule has 0 atom stereocenters. The van der Waals surface area contributed by atoms with E-state index in [1.165, 1.54) is 6.07 Å². The summed E-state index contributed by atoms with van der Waals surface area (Å²) in [6, 6.07) is 11.1. The van der Waals surface area contributed by atoms with Gasteiger partial charge in [-0.2, -0.15) is 5.26 Å². The Hall–Kier alpha value is -3.57. The fraction of sp³-hybridized carbons (Fsp3) is 0.444. The van der Waals surface area contributed by atoms with Gasteiger partial charge in [-0.15, -0.1) is 0 Å². The molecule has 8 heteroatoms. The van der Waals surface area contributed by atoms with Gasteiger partial charge in [0.15, 0.2) is 0 Å². The number of nitrogens with two attached hydrogens (primary N) is 1. The van der Waals surface area contributed by atoms with Crippen LogP contribution >= 0.6 is 0 Å². The third-order valence-electron chi connectivity index (χ3n) is 6.34. The topological polar surface area (TPSA) is 118 Å². The second-order valence-electron chi connectivity index (χ2n) is 10.2. The molecule has 0 aromatic heterocycles. The van der Waals surface area contributed by atoms with Gasteiger partial charge in [0.2, 0.25) is 5.91 Å². The van der Waals surface area contributed by atoms with Crippen molar-refractivity contribution in [1.82, 2.24) is 4.90 Å². The number of ether oxygens (including phenoxy) is 2. The van der Waals surface area contributed by atoms with Crippen molar-refractivity contribution in [3.63, 3.8) is 0 Å². The Labute approximate surface area is 206 Å². The quantitative estimate of drug-likeness (QED) is 0.660. The van der Waals surface area contributed by atoms with Crippen molar-refractivity contribution < 1.29 is 19.1 Å². The molecule has 8 nitrogen and oxygen atoms in total. The predicted molar refractivity (Wildman–Crippen MR) is 133 cm³/mol. The van der Waals surface area contributed by atoms with Crippen LogP contribution in [0.15, 0.2) is 30.3 Å². The Kier molecular flexibility index (Phi) is 6.99. The predicted octanol–water partition coefficient (Wildman–Crippen LogP) is 4.41. The largest absolute Gasteiger partial charge is 0.444 e. The Morgan fingerprint density at radius 3 is 2.57 bits per heavy atom. The van der Waals surface area contributed by atoms with E-state index in [1.807, 2.05) is 26.8 Å². The Morgan fingerprint density at radius 2 is 1.91 bits per heavy atom. The highest BCUT2D eigenvalue weighted by molar-refractivity contribution is 6.01. The fourth-order valence-corrected chi connectivity index (χ4v) is 4.58. The number of nitriles is 1. The van der Waals surface area contributed by atoms with Crippen molar-refractivity contribution in [2.45, 2.75) is 52.3 Å². The van der Waals surface area contributed by atoms with Crippen molar-refractivity contribution in [3.05, 3.63) is 52.6 Å². The number of carbonyl (C=O) groups excluding carboxylic acids is 2. The van der Waals surface area contributed by atoms with Crippen LogP contribution in [0.1, 0.15) is 60.7 Å². The van der Waals surface area contributed by atoms with Crippen molar-refractivity contribution in [2.24, 2.45) is 11.7 Å². The average Bonchev–Trinajstić information content (AvgIpc) is 3.26. The molecule has 0 radical (unpaired) electrons. The van der Waals surface area contributed by atoms with Gasteiger partial charge in [0.1, 0.15) is 5.60 Å². The Morgan fingerprint density at radius 1 is 1.17 bits per heavy atom. The average molecular weight is 477 g/mol. The van der Waals surface area contributed by atoms with Crippen LogP contribution in [0.2, 0.25) is 0 Å². The van der Waals surface area contributed by atoms with Crippen LogP contribution in [0.3, 0.4) is 0 Å². The van der Waals surface area contributed by atoms with E-state index in [1.54, 1.807) is 17.0 Å². The minimum Gasteiger partial charge on any atom is -0.444 e. The normalized spacial score (nSPS) is 15.9. The first-order valence-corrected chi connectivity index (χ1v) is 11.9.